The van der Waals surface area contributed by atoms with Crippen LogP contribution in [0.2, 0.25) is 0 Å². The lowest BCUT2D eigenvalue weighted by atomic mass is 10.0. The van der Waals surface area contributed by atoms with Crippen molar-refractivity contribution in [1.82, 2.24) is 0 Å². The summed E-state index contributed by atoms with van der Waals surface area (Å²) in [5, 5.41) is 0. The highest BCUT2D eigenvalue weighted by Crippen LogP contribution is 2.20. The van der Waals surface area contributed by atoms with Gasteiger partial charge in [0.1, 0.15) is 26.4 Å². The fourth-order valence-electron chi connectivity index (χ4n) is 13.0. The molecule has 0 aromatic carbocycles. The smallest absolute Gasteiger partial charge is 0.306 e. The second-order valence-corrected chi connectivity index (χ2v) is 30.2. The maximum Gasteiger partial charge on any atom is 0.306 e. The van der Waals surface area contributed by atoms with E-state index in [2.05, 4.69) is 122 Å². The van der Waals surface area contributed by atoms with Crippen LogP contribution in [0.1, 0.15) is 439 Å². The average Bonchev–Trinajstić information content (AvgIpc) is 1.07. The number of hydrogen-bond donors (Lipinski definition) is 0. The van der Waals surface area contributed by atoms with Crippen LogP contribution in [0.15, 0.2) is 46.6 Å². The van der Waals surface area contributed by atoms with Crippen molar-refractivity contribution < 1.29 is 38.1 Å². The van der Waals surface area contributed by atoms with E-state index in [0.717, 1.165) is 77.0 Å². The second-order valence-electron chi connectivity index (χ2n) is 30.2. The maximum atomic E-state index is 13.1. The summed E-state index contributed by atoms with van der Waals surface area (Å²) < 4.78 is 22.9. The lowest BCUT2D eigenvalue weighted by molar-refractivity contribution is -0.143. The third-order valence-corrected chi connectivity index (χ3v) is 19.9. The number of ether oxygens (including phenoxy) is 4. The zero-order chi connectivity index (χ0) is 77.7. The van der Waals surface area contributed by atoms with Crippen molar-refractivity contribution >= 4 is 23.9 Å². The Bertz CT molecular complexity index is 2540. The molecule has 8 heteroatoms. The summed E-state index contributed by atoms with van der Waals surface area (Å²) in [5.74, 6) is 45.5. The van der Waals surface area contributed by atoms with Crippen LogP contribution in [0.4, 0.5) is 0 Å². The molecule has 108 heavy (non-hydrogen) atoms. The van der Waals surface area contributed by atoms with Crippen LogP contribution in [-0.4, -0.2) is 50.3 Å². The van der Waals surface area contributed by atoms with E-state index in [1.165, 1.54) is 308 Å². The van der Waals surface area contributed by atoms with Crippen molar-refractivity contribution in [2.75, 3.05) is 26.4 Å². The second kappa shape index (κ2) is 82.8. The third kappa shape index (κ3) is 74.8. The Morgan fingerprint density at radius 2 is 0.324 bits per heavy atom. The molecule has 0 aromatic heterocycles. The van der Waals surface area contributed by atoms with Gasteiger partial charge in [-0.3, -0.25) is 19.2 Å². The highest BCUT2D eigenvalue weighted by atomic mass is 16.5. The van der Waals surface area contributed by atoms with Gasteiger partial charge in [0.05, 0.1) is 0 Å². The van der Waals surface area contributed by atoms with Crippen LogP contribution in [0.25, 0.3) is 0 Å². The molecule has 0 N–H and O–H groups in total. The number of carbonyl (C=O) groups is 4. The Morgan fingerprint density at radius 1 is 0.194 bits per heavy atom. The normalized spacial score (nSPS) is 13.7. The minimum Gasteiger partial charge on any atom is -0.460 e. The van der Waals surface area contributed by atoms with Gasteiger partial charge in [0, 0.05) is 72.3 Å². The van der Waals surface area contributed by atoms with Crippen molar-refractivity contribution in [1.29, 1.82) is 0 Å². The molecular formula is C100H152O8. The quantitative estimate of drug-likeness (QED) is 0.0257. The summed E-state index contributed by atoms with van der Waals surface area (Å²) in [5.41, 5.74) is 1.71. The molecule has 0 bridgehead atoms. The van der Waals surface area contributed by atoms with Crippen molar-refractivity contribution in [3.8, 4) is 94.7 Å². The molecule has 1 aliphatic carbocycles. The predicted molar refractivity (Wildman–Crippen MR) is 457 cm³/mol. The van der Waals surface area contributed by atoms with E-state index in [9.17, 15) is 19.2 Å². The molecule has 0 fully saturated rings. The molecule has 0 amide bonds. The van der Waals surface area contributed by atoms with Crippen molar-refractivity contribution in [3.05, 3.63) is 46.6 Å². The Kier molecular flexibility index (Phi) is 76.2. The molecule has 0 saturated carbocycles. The molecule has 0 aliphatic heterocycles. The standard InChI is InChI=1S/C100H152O8/c1-5-9-13-17-21-25-29-33-37-41-45-49-53-57-69-85-97(101)105-89-93-77-65-61-62-66-78-95(91-107-99(103)87-71-59-55-51-47-43-39-35-31-27-23-19-15-11-7-3)83-75-76-84-96(92-108-100(104)88-72-60-56-52-48-44-40-36-32-28-24-20-16-12-8-4)80-68-64-63-67-79-94(82-74-73-81-93)90-106-98(102)86-70-58-54-50-46-42-38-34-30-26-22-18-14-10-6-2/h77-80H,5-60,69-72,85-92H2,1-4H3/b93-77-,94-79+,95-78+,96-80+. The molecular weight excluding hydrogens is 1330 g/mol. The third-order valence-electron chi connectivity index (χ3n) is 19.9. The van der Waals surface area contributed by atoms with Gasteiger partial charge in [0.25, 0.3) is 0 Å². The fraction of sp³-hybridized carbons (Fsp3) is 0.720. The molecule has 0 heterocycles. The Balaban J connectivity index is 3.32. The molecule has 0 aromatic rings. The molecule has 8 nitrogen and oxygen atoms in total. The van der Waals surface area contributed by atoms with Crippen LogP contribution in [0.3, 0.4) is 0 Å². The van der Waals surface area contributed by atoms with Crippen molar-refractivity contribution in [2.24, 2.45) is 0 Å². The summed E-state index contributed by atoms with van der Waals surface area (Å²) in [6, 6.07) is 0. The summed E-state index contributed by atoms with van der Waals surface area (Å²) >= 11 is 0. The predicted octanol–water partition coefficient (Wildman–Crippen LogP) is 27.0. The molecule has 1 rings (SSSR count). The van der Waals surface area contributed by atoms with Gasteiger partial charge in [0.15, 0.2) is 0 Å². The Morgan fingerprint density at radius 3 is 0.463 bits per heavy atom. The first-order valence-corrected chi connectivity index (χ1v) is 44.8. The van der Waals surface area contributed by atoms with Gasteiger partial charge < -0.3 is 18.9 Å². The van der Waals surface area contributed by atoms with Crippen LogP contribution < -0.4 is 0 Å². The van der Waals surface area contributed by atoms with E-state index in [-0.39, 0.29) is 50.3 Å². The van der Waals surface area contributed by atoms with Gasteiger partial charge in [-0.1, -0.05) is 435 Å². The Hall–Kier alpha value is -6.68. The molecule has 0 atom stereocenters. The van der Waals surface area contributed by atoms with E-state index < -0.39 is 0 Å². The summed E-state index contributed by atoms with van der Waals surface area (Å²) in [6.07, 6.45) is 82.2. The van der Waals surface area contributed by atoms with E-state index in [0.29, 0.717) is 48.0 Å². The first-order chi connectivity index (χ1) is 53.3. The van der Waals surface area contributed by atoms with Crippen molar-refractivity contribution in [2.45, 2.75) is 439 Å². The van der Waals surface area contributed by atoms with Crippen LogP contribution in [0.5, 0.6) is 0 Å². The molecule has 0 radical (unpaired) electrons. The zero-order valence-corrected chi connectivity index (χ0v) is 69.7. The number of rotatable bonds is 72. The fourth-order valence-corrected chi connectivity index (χ4v) is 13.0. The minimum absolute atomic E-state index is 0.0955. The topological polar surface area (TPSA) is 105 Å². The van der Waals surface area contributed by atoms with Gasteiger partial charge >= 0.3 is 23.9 Å². The largest absolute Gasteiger partial charge is 0.460 e. The minimum atomic E-state index is -0.302. The van der Waals surface area contributed by atoms with Gasteiger partial charge in [-0.2, -0.15) is 0 Å². The first-order valence-electron chi connectivity index (χ1n) is 44.8. The van der Waals surface area contributed by atoms with Crippen molar-refractivity contribution in [3.63, 3.8) is 0 Å². The van der Waals surface area contributed by atoms with Gasteiger partial charge in [-0.05, 0) is 73.0 Å². The lowest BCUT2D eigenvalue weighted by Crippen LogP contribution is -2.07. The molecule has 0 saturated heterocycles. The summed E-state index contributed by atoms with van der Waals surface area (Å²) in [7, 11) is 0. The van der Waals surface area contributed by atoms with Gasteiger partial charge in [-0.25, -0.2) is 0 Å². The summed E-state index contributed by atoms with van der Waals surface area (Å²) in [4.78, 5) is 52.2. The van der Waals surface area contributed by atoms with Crippen LogP contribution >= 0.6 is 0 Å². The van der Waals surface area contributed by atoms with E-state index in [1.807, 2.05) is 0 Å². The highest BCUT2D eigenvalue weighted by molar-refractivity contribution is 5.71. The lowest BCUT2D eigenvalue weighted by Gasteiger charge is -2.05. The van der Waals surface area contributed by atoms with E-state index >= 15 is 0 Å². The van der Waals surface area contributed by atoms with Gasteiger partial charge in [0.2, 0.25) is 0 Å². The van der Waals surface area contributed by atoms with E-state index in [4.69, 9.17) is 18.9 Å². The monoisotopic (exact) mass is 1480 g/mol. The highest BCUT2D eigenvalue weighted by Gasteiger charge is 2.10. The average molecular weight is 1480 g/mol. The van der Waals surface area contributed by atoms with Crippen LogP contribution in [0, 0.1) is 94.7 Å². The first kappa shape index (κ1) is 99.3. The number of carbonyl (C=O) groups excluding carboxylic acids is 4. The van der Waals surface area contributed by atoms with E-state index in [1.54, 1.807) is 24.3 Å². The number of esters is 4. The number of allylic oxidation sites excluding steroid dienone is 4. The number of unbranched alkanes of at least 4 members (excludes halogenated alkanes) is 56. The SMILES string of the molecule is CCCCCCCCCCCCCCCCCC(=O)OC/C1=C\C#CC#C/C=C(/COC(=O)CCCCCCCCCCCCCCCCC)C#CC#C/C(COC(=O)CCCCCCCCCCCCCCCCC)=C\C#CC#C/C=C(/COC(=O)CCCCCCCCCCCCCCCCC)C#CC#C1. The molecule has 600 valence electrons. The van der Waals surface area contributed by atoms with Gasteiger partial charge in [-0.15, -0.1) is 0 Å². The van der Waals surface area contributed by atoms with Crippen LogP contribution in [-0.2, 0) is 38.1 Å². The zero-order valence-electron chi connectivity index (χ0n) is 69.7. The maximum absolute atomic E-state index is 13.1. The molecule has 0 unspecified atom stereocenters. The molecule has 0 spiro atoms. The Labute approximate surface area is 664 Å². The summed E-state index contributed by atoms with van der Waals surface area (Å²) in [6.45, 7) is 8.69. The molecule has 1 aliphatic rings. The number of hydrogen-bond acceptors (Lipinski definition) is 8.